The maximum atomic E-state index is 12.6. The van der Waals surface area contributed by atoms with E-state index in [1.807, 2.05) is 6.07 Å². The van der Waals surface area contributed by atoms with E-state index in [2.05, 4.69) is 10.1 Å². The van der Waals surface area contributed by atoms with E-state index in [1.54, 1.807) is 40.4 Å². The highest BCUT2D eigenvalue weighted by molar-refractivity contribution is 5.77. The first-order chi connectivity index (χ1) is 12.9. The molecule has 0 radical (unpaired) electrons. The molecule has 2 heterocycles. The van der Waals surface area contributed by atoms with Crippen LogP contribution in [0.4, 0.5) is 0 Å². The van der Waals surface area contributed by atoms with Crippen LogP contribution in [0.5, 0.6) is 11.5 Å². The molecule has 2 aromatic heterocycles. The van der Waals surface area contributed by atoms with E-state index in [9.17, 15) is 9.59 Å². The summed E-state index contributed by atoms with van der Waals surface area (Å²) in [5, 5.41) is 4.40. The minimum Gasteiger partial charge on any atom is -0.497 e. The van der Waals surface area contributed by atoms with Gasteiger partial charge in [0.15, 0.2) is 5.65 Å². The summed E-state index contributed by atoms with van der Waals surface area (Å²) in [6.07, 6.45) is 2.82. The van der Waals surface area contributed by atoms with Crippen LogP contribution in [0.1, 0.15) is 5.56 Å². The Bertz CT molecular complexity index is 1040. The van der Waals surface area contributed by atoms with E-state index in [0.29, 0.717) is 29.1 Å². The fraction of sp³-hybridized carbons (Fsp3) is 0.333. The van der Waals surface area contributed by atoms with Crippen molar-refractivity contribution in [3.63, 3.8) is 0 Å². The lowest BCUT2D eigenvalue weighted by atomic mass is 10.1. The molecule has 0 saturated carbocycles. The van der Waals surface area contributed by atoms with Crippen LogP contribution in [-0.2, 0) is 24.9 Å². The zero-order valence-corrected chi connectivity index (χ0v) is 15.7. The Labute approximate surface area is 155 Å². The smallest absolute Gasteiger partial charge is 0.264 e. The van der Waals surface area contributed by atoms with Gasteiger partial charge in [0, 0.05) is 32.3 Å². The van der Waals surface area contributed by atoms with Crippen LogP contribution < -0.4 is 15.0 Å². The summed E-state index contributed by atoms with van der Waals surface area (Å²) in [7, 11) is 6.52. The van der Waals surface area contributed by atoms with Crippen molar-refractivity contribution in [2.45, 2.75) is 13.1 Å². The summed E-state index contributed by atoms with van der Waals surface area (Å²) >= 11 is 0. The highest BCUT2D eigenvalue weighted by atomic mass is 16.5. The van der Waals surface area contributed by atoms with Crippen molar-refractivity contribution in [3.05, 3.63) is 46.6 Å². The maximum Gasteiger partial charge on any atom is 0.264 e. The number of hydrogen-bond donors (Lipinski definition) is 0. The van der Waals surface area contributed by atoms with Crippen LogP contribution in [0, 0.1) is 0 Å². The van der Waals surface area contributed by atoms with Crippen molar-refractivity contribution in [3.8, 4) is 11.5 Å². The molecule has 0 aliphatic heterocycles. The van der Waals surface area contributed by atoms with Gasteiger partial charge in [0.1, 0.15) is 29.8 Å². The van der Waals surface area contributed by atoms with Crippen molar-refractivity contribution >= 4 is 16.9 Å². The van der Waals surface area contributed by atoms with Crippen molar-refractivity contribution in [1.29, 1.82) is 0 Å². The average Bonchev–Trinajstić information content (AvgIpc) is 3.05. The molecule has 3 rings (SSSR count). The molecule has 0 atom stereocenters. The maximum absolute atomic E-state index is 12.6. The van der Waals surface area contributed by atoms with Crippen LogP contribution in [0.3, 0.4) is 0 Å². The normalized spacial score (nSPS) is 10.8. The molecule has 0 N–H and O–H groups in total. The van der Waals surface area contributed by atoms with E-state index >= 15 is 0 Å². The highest BCUT2D eigenvalue weighted by Crippen LogP contribution is 2.25. The van der Waals surface area contributed by atoms with Crippen LogP contribution in [0.2, 0.25) is 0 Å². The van der Waals surface area contributed by atoms with Gasteiger partial charge < -0.3 is 14.4 Å². The Kier molecular flexibility index (Phi) is 5.11. The van der Waals surface area contributed by atoms with Crippen LogP contribution in [0.25, 0.3) is 11.0 Å². The Morgan fingerprint density at radius 1 is 1.26 bits per heavy atom. The Morgan fingerprint density at radius 2 is 2.04 bits per heavy atom. The molecule has 0 spiro atoms. The van der Waals surface area contributed by atoms with Gasteiger partial charge in [0.05, 0.1) is 20.4 Å². The minimum absolute atomic E-state index is 0.106. The number of methoxy groups -OCH3 is 2. The topological polar surface area (TPSA) is 91.5 Å². The first kappa shape index (κ1) is 18.4. The van der Waals surface area contributed by atoms with Gasteiger partial charge in [-0.3, -0.25) is 18.8 Å². The van der Waals surface area contributed by atoms with Crippen molar-refractivity contribution in [2.24, 2.45) is 7.05 Å². The van der Waals surface area contributed by atoms with Crippen molar-refractivity contribution < 1.29 is 14.3 Å². The summed E-state index contributed by atoms with van der Waals surface area (Å²) in [6.45, 7) is 0.231. The second-order valence-electron chi connectivity index (χ2n) is 6.11. The molecule has 1 aromatic carbocycles. The van der Waals surface area contributed by atoms with Gasteiger partial charge in [0.25, 0.3) is 5.56 Å². The summed E-state index contributed by atoms with van der Waals surface area (Å²) in [5.41, 5.74) is 1.03. The van der Waals surface area contributed by atoms with E-state index in [-0.39, 0.29) is 18.0 Å². The lowest BCUT2D eigenvalue weighted by molar-refractivity contribution is -0.131. The Morgan fingerprint density at radius 3 is 2.74 bits per heavy atom. The lowest BCUT2D eigenvalue weighted by Crippen LogP contribution is -2.33. The number of amides is 1. The number of rotatable bonds is 6. The molecule has 0 bridgehead atoms. The number of carbonyl (C=O) groups is 1. The third-order valence-electron chi connectivity index (χ3n) is 4.35. The lowest BCUT2D eigenvalue weighted by Gasteiger charge is -2.19. The second-order valence-corrected chi connectivity index (χ2v) is 6.11. The largest absolute Gasteiger partial charge is 0.497 e. The van der Waals surface area contributed by atoms with E-state index < -0.39 is 0 Å². The fourth-order valence-electron chi connectivity index (χ4n) is 2.77. The molecule has 0 aliphatic rings. The molecule has 1 amide bonds. The first-order valence-electron chi connectivity index (χ1n) is 8.26. The van der Waals surface area contributed by atoms with Gasteiger partial charge in [-0.25, -0.2) is 4.98 Å². The average molecular weight is 371 g/mol. The molecule has 9 heteroatoms. The number of likely N-dealkylation sites (N-methyl/N-ethyl adjacent to an activating group) is 1. The fourth-order valence-corrected chi connectivity index (χ4v) is 2.77. The van der Waals surface area contributed by atoms with Crippen LogP contribution in [-0.4, -0.2) is 51.4 Å². The number of aromatic nitrogens is 4. The molecule has 3 aromatic rings. The zero-order chi connectivity index (χ0) is 19.6. The third-order valence-corrected chi connectivity index (χ3v) is 4.35. The van der Waals surface area contributed by atoms with Crippen molar-refractivity contribution in [1.82, 2.24) is 24.2 Å². The Balaban J connectivity index is 1.77. The summed E-state index contributed by atoms with van der Waals surface area (Å²) in [5.74, 6) is 1.08. The predicted molar refractivity (Wildman–Crippen MR) is 98.8 cm³/mol. The first-order valence-corrected chi connectivity index (χ1v) is 8.26. The SMILES string of the molecule is COc1ccc(CN(C)C(=O)Cn2cnc3c(cnn3C)c2=O)c(OC)c1. The number of fused-ring (bicyclic) bond motifs is 1. The van der Waals surface area contributed by atoms with Gasteiger partial charge in [-0.15, -0.1) is 0 Å². The van der Waals surface area contributed by atoms with Crippen molar-refractivity contribution in [2.75, 3.05) is 21.3 Å². The molecule has 27 heavy (non-hydrogen) atoms. The van der Waals surface area contributed by atoms with E-state index in [0.717, 1.165) is 5.56 Å². The summed E-state index contributed by atoms with van der Waals surface area (Å²) in [6, 6.07) is 5.41. The number of aryl methyl sites for hydroxylation is 1. The number of hydrogen-bond acceptors (Lipinski definition) is 6. The number of nitrogens with zero attached hydrogens (tertiary/aromatic N) is 5. The molecular weight excluding hydrogens is 350 g/mol. The Hall–Kier alpha value is -3.36. The van der Waals surface area contributed by atoms with Gasteiger partial charge in [-0.05, 0) is 12.1 Å². The zero-order valence-electron chi connectivity index (χ0n) is 15.7. The number of benzene rings is 1. The molecule has 0 fully saturated rings. The standard InChI is InChI=1S/C18H21N5O4/c1-21(9-12-5-6-13(26-3)7-15(12)27-4)16(24)10-23-11-19-17-14(18(23)25)8-20-22(17)2/h5-8,11H,9-10H2,1-4H3. The van der Waals surface area contributed by atoms with Gasteiger partial charge >= 0.3 is 0 Å². The number of ether oxygens (including phenoxy) is 2. The monoisotopic (exact) mass is 371 g/mol. The van der Waals surface area contributed by atoms with E-state index in [4.69, 9.17) is 9.47 Å². The molecular formula is C18H21N5O4. The number of carbonyl (C=O) groups excluding carboxylic acids is 1. The van der Waals surface area contributed by atoms with Gasteiger partial charge in [0.2, 0.25) is 5.91 Å². The third kappa shape index (κ3) is 3.62. The van der Waals surface area contributed by atoms with Crippen LogP contribution in [0.15, 0.2) is 35.5 Å². The molecule has 0 saturated heterocycles. The summed E-state index contributed by atoms with van der Waals surface area (Å²) < 4.78 is 13.3. The molecule has 0 aliphatic carbocycles. The van der Waals surface area contributed by atoms with Crippen LogP contribution >= 0.6 is 0 Å². The van der Waals surface area contributed by atoms with E-state index in [1.165, 1.54) is 26.7 Å². The van der Waals surface area contributed by atoms with Gasteiger partial charge in [-0.2, -0.15) is 5.10 Å². The minimum atomic E-state index is -0.295. The second kappa shape index (κ2) is 7.48. The summed E-state index contributed by atoms with van der Waals surface area (Å²) in [4.78, 5) is 30.8. The predicted octanol–water partition coefficient (Wildman–Crippen LogP) is 0.806. The van der Waals surface area contributed by atoms with Gasteiger partial charge in [-0.1, -0.05) is 0 Å². The highest BCUT2D eigenvalue weighted by Gasteiger charge is 2.16. The quantitative estimate of drug-likeness (QED) is 0.637. The molecule has 142 valence electrons. The molecule has 9 nitrogen and oxygen atoms in total. The molecule has 0 unspecified atom stereocenters.